The van der Waals surface area contributed by atoms with Crippen molar-refractivity contribution in [1.82, 2.24) is 0 Å². The average molecular weight is 497 g/mol. The van der Waals surface area contributed by atoms with Gasteiger partial charge in [0.1, 0.15) is 17.1 Å². The van der Waals surface area contributed by atoms with E-state index in [1.807, 2.05) is 19.9 Å². The van der Waals surface area contributed by atoms with Crippen molar-refractivity contribution in [3.63, 3.8) is 0 Å². The molecule has 7 nitrogen and oxygen atoms in total. The van der Waals surface area contributed by atoms with E-state index >= 15 is 0 Å². The van der Waals surface area contributed by atoms with Crippen molar-refractivity contribution in [3.8, 4) is 5.75 Å². The molecule has 2 aliphatic rings. The first-order valence-corrected chi connectivity index (χ1v) is 12.9. The number of cyclic esters (lactones) is 1. The summed E-state index contributed by atoms with van der Waals surface area (Å²) in [6.07, 6.45) is 6.38. The minimum atomic E-state index is -4.24. The van der Waals surface area contributed by atoms with Crippen LogP contribution in [0.1, 0.15) is 63.9 Å². The van der Waals surface area contributed by atoms with Crippen LogP contribution >= 0.6 is 0 Å². The summed E-state index contributed by atoms with van der Waals surface area (Å²) in [5.41, 5.74) is 4.60. The first-order chi connectivity index (χ1) is 16.6. The van der Waals surface area contributed by atoms with Gasteiger partial charge >= 0.3 is 22.1 Å². The maximum atomic E-state index is 13.2. The summed E-state index contributed by atoms with van der Waals surface area (Å²) in [6, 6.07) is 6.27. The number of aliphatic carboxylic acids is 1. The molecule has 0 spiro atoms. The maximum Gasteiger partial charge on any atom is 0.342 e. The Morgan fingerprint density at radius 3 is 2.63 bits per heavy atom. The van der Waals surface area contributed by atoms with E-state index in [2.05, 4.69) is 6.58 Å². The molecule has 1 unspecified atom stereocenters. The Hall–Kier alpha value is -3.39. The number of aryl methyl sites for hydroxylation is 1. The number of benzene rings is 2. The van der Waals surface area contributed by atoms with Gasteiger partial charge in [0.2, 0.25) is 0 Å². The second-order valence-corrected chi connectivity index (χ2v) is 10.5. The summed E-state index contributed by atoms with van der Waals surface area (Å²) in [7, 11) is -4.24. The first kappa shape index (κ1) is 24.7. The van der Waals surface area contributed by atoms with Crippen molar-refractivity contribution < 1.29 is 32.0 Å². The van der Waals surface area contributed by atoms with Crippen LogP contribution in [-0.2, 0) is 32.7 Å². The molecule has 1 aliphatic heterocycles. The molecule has 1 N–H and O–H groups in total. The van der Waals surface area contributed by atoms with Crippen LogP contribution in [0.15, 0.2) is 47.4 Å². The zero-order chi connectivity index (χ0) is 25.3. The number of ether oxygens (including phenoxy) is 1. The molecule has 0 aromatic heterocycles. The molecule has 8 heteroatoms. The van der Waals surface area contributed by atoms with Gasteiger partial charge in [-0.15, -0.1) is 0 Å². The van der Waals surface area contributed by atoms with Gasteiger partial charge in [0.05, 0.1) is 6.42 Å². The van der Waals surface area contributed by atoms with Gasteiger partial charge in [-0.25, -0.2) is 4.79 Å². The Kier molecular flexibility index (Phi) is 6.85. The monoisotopic (exact) mass is 496 g/mol. The SMILES string of the molecule is C=Cc1c(C)c2c(c(OS(=O)(=O)c3ccc(C)cc3)c1CC=C1CCCC1CC(=O)O)C(=O)OC2. The molecule has 1 aliphatic carbocycles. The van der Waals surface area contributed by atoms with Crippen molar-refractivity contribution >= 4 is 28.1 Å². The first-order valence-electron chi connectivity index (χ1n) is 11.5. The summed E-state index contributed by atoms with van der Waals surface area (Å²) < 4.78 is 37.3. The fourth-order valence-electron chi connectivity index (χ4n) is 4.91. The lowest BCUT2D eigenvalue weighted by Gasteiger charge is -2.19. The molecule has 0 bridgehead atoms. The van der Waals surface area contributed by atoms with Crippen LogP contribution < -0.4 is 4.18 Å². The molecular weight excluding hydrogens is 468 g/mol. The van der Waals surface area contributed by atoms with Gasteiger partial charge < -0.3 is 14.0 Å². The summed E-state index contributed by atoms with van der Waals surface area (Å²) in [6.45, 7) is 7.63. The summed E-state index contributed by atoms with van der Waals surface area (Å²) in [5, 5.41) is 9.25. The summed E-state index contributed by atoms with van der Waals surface area (Å²) in [5.74, 6) is -1.58. The number of rotatable bonds is 8. The minimum absolute atomic E-state index is 0.0226. The van der Waals surface area contributed by atoms with Crippen molar-refractivity contribution in [2.75, 3.05) is 0 Å². The number of allylic oxidation sites excluding steroid dienone is 2. The Bertz CT molecular complexity index is 1330. The molecule has 1 fully saturated rings. The van der Waals surface area contributed by atoms with E-state index < -0.39 is 22.1 Å². The molecule has 2 aromatic rings. The molecule has 1 heterocycles. The smallest absolute Gasteiger partial charge is 0.342 e. The molecule has 2 aromatic carbocycles. The number of esters is 1. The number of carboxylic acid groups (broad SMARTS) is 1. The van der Waals surface area contributed by atoms with Crippen molar-refractivity contribution in [2.45, 2.75) is 57.5 Å². The van der Waals surface area contributed by atoms with E-state index in [9.17, 15) is 23.1 Å². The Morgan fingerprint density at radius 1 is 1.26 bits per heavy atom. The lowest BCUT2D eigenvalue weighted by Crippen LogP contribution is -2.15. The molecule has 1 atom stereocenters. The fraction of sp³-hybridized carbons (Fsp3) is 0.333. The Morgan fingerprint density at radius 2 is 1.97 bits per heavy atom. The quantitative estimate of drug-likeness (QED) is 0.307. The van der Waals surface area contributed by atoms with Crippen LogP contribution in [0.2, 0.25) is 0 Å². The Balaban J connectivity index is 1.83. The van der Waals surface area contributed by atoms with E-state index in [1.165, 1.54) is 12.1 Å². The van der Waals surface area contributed by atoms with E-state index in [1.54, 1.807) is 18.2 Å². The molecule has 0 radical (unpaired) electrons. The van der Waals surface area contributed by atoms with Crippen LogP contribution in [0, 0.1) is 19.8 Å². The van der Waals surface area contributed by atoms with Crippen LogP contribution in [-0.4, -0.2) is 25.5 Å². The van der Waals surface area contributed by atoms with Gasteiger partial charge in [0.25, 0.3) is 0 Å². The molecule has 0 saturated heterocycles. The van der Waals surface area contributed by atoms with Gasteiger partial charge in [0.15, 0.2) is 5.75 Å². The lowest BCUT2D eigenvalue weighted by molar-refractivity contribution is -0.137. The standard InChI is InChI=1S/C27H28O7S/c1-4-21-17(3)23-15-33-27(30)25(23)26(34-35(31,32)20-11-8-16(2)9-12-20)22(21)13-10-18-6-5-7-19(18)14-24(28)29/h4,8-12,19H,1,5-7,13-15H2,2-3H3,(H,28,29). The normalized spacial score (nSPS) is 18.4. The van der Waals surface area contributed by atoms with Crippen LogP contribution in [0.25, 0.3) is 6.08 Å². The maximum absolute atomic E-state index is 13.2. The predicted molar refractivity (Wildman–Crippen MR) is 131 cm³/mol. The van der Waals surface area contributed by atoms with Crippen molar-refractivity contribution in [3.05, 3.63) is 75.9 Å². The predicted octanol–water partition coefficient (Wildman–Crippen LogP) is 5.13. The highest BCUT2D eigenvalue weighted by Gasteiger charge is 2.34. The van der Waals surface area contributed by atoms with E-state index in [0.717, 1.165) is 36.0 Å². The number of hydrogen-bond acceptors (Lipinski definition) is 6. The third kappa shape index (κ3) is 4.89. The van der Waals surface area contributed by atoms with Crippen molar-refractivity contribution in [1.29, 1.82) is 0 Å². The van der Waals surface area contributed by atoms with Crippen LogP contribution in [0.3, 0.4) is 0 Å². The molecule has 0 amide bonds. The largest absolute Gasteiger partial charge is 0.481 e. The molecule has 35 heavy (non-hydrogen) atoms. The lowest BCUT2D eigenvalue weighted by atomic mass is 9.89. The zero-order valence-electron chi connectivity index (χ0n) is 19.8. The van der Waals surface area contributed by atoms with Gasteiger partial charge in [0, 0.05) is 11.1 Å². The second-order valence-electron chi connectivity index (χ2n) is 9.00. The van der Waals surface area contributed by atoms with Gasteiger partial charge in [-0.2, -0.15) is 8.42 Å². The minimum Gasteiger partial charge on any atom is -0.481 e. The average Bonchev–Trinajstić information content (AvgIpc) is 3.40. The number of carboxylic acids is 1. The highest BCUT2D eigenvalue weighted by atomic mass is 32.2. The van der Waals surface area contributed by atoms with Crippen LogP contribution in [0.4, 0.5) is 0 Å². The highest BCUT2D eigenvalue weighted by molar-refractivity contribution is 7.87. The molecular formula is C27H28O7S. The van der Waals surface area contributed by atoms with E-state index in [0.29, 0.717) is 16.7 Å². The summed E-state index contributed by atoms with van der Waals surface area (Å²) in [4.78, 5) is 23.9. The summed E-state index contributed by atoms with van der Waals surface area (Å²) >= 11 is 0. The van der Waals surface area contributed by atoms with Gasteiger partial charge in [-0.1, -0.05) is 42.0 Å². The topological polar surface area (TPSA) is 107 Å². The number of hydrogen-bond donors (Lipinski definition) is 1. The number of carbonyl (C=O) groups is 2. The third-order valence-electron chi connectivity index (χ3n) is 6.78. The van der Waals surface area contributed by atoms with E-state index in [4.69, 9.17) is 8.92 Å². The second kappa shape index (κ2) is 9.70. The highest BCUT2D eigenvalue weighted by Crippen LogP contribution is 2.41. The van der Waals surface area contributed by atoms with Crippen LogP contribution in [0.5, 0.6) is 5.75 Å². The number of carbonyl (C=O) groups excluding carboxylic acids is 1. The van der Waals surface area contributed by atoms with Gasteiger partial charge in [-0.05, 0) is 68.7 Å². The molecule has 184 valence electrons. The Labute approximate surface area is 205 Å². The fourth-order valence-corrected chi connectivity index (χ4v) is 5.88. The molecule has 4 rings (SSSR count). The zero-order valence-corrected chi connectivity index (χ0v) is 20.6. The third-order valence-corrected chi connectivity index (χ3v) is 8.01. The van der Waals surface area contributed by atoms with E-state index in [-0.39, 0.29) is 41.6 Å². The van der Waals surface area contributed by atoms with Crippen molar-refractivity contribution in [2.24, 2.45) is 5.92 Å². The number of fused-ring (bicyclic) bond motifs is 1. The van der Waals surface area contributed by atoms with Gasteiger partial charge in [-0.3, -0.25) is 4.79 Å². The molecule has 1 saturated carbocycles.